The number of anilines is 2. The highest BCUT2D eigenvalue weighted by Gasteiger charge is 2.27. The van der Waals surface area contributed by atoms with Gasteiger partial charge in [0.15, 0.2) is 6.61 Å². The van der Waals surface area contributed by atoms with Gasteiger partial charge in [-0.3, -0.25) is 9.52 Å². The fourth-order valence-electron chi connectivity index (χ4n) is 2.99. The zero-order valence-electron chi connectivity index (χ0n) is 15.2. The van der Waals surface area contributed by atoms with E-state index in [9.17, 15) is 17.6 Å². The SMILES string of the molecule is O=C(COc1ccc(F)c(Cl)c1)N1CCc2cc(S(=O)(=O)Nc3ncns3)ccc21. The van der Waals surface area contributed by atoms with E-state index in [-0.39, 0.29) is 33.3 Å². The molecule has 0 fully saturated rings. The lowest BCUT2D eigenvalue weighted by atomic mass is 10.2. The number of nitrogens with zero attached hydrogens (tertiary/aromatic N) is 3. The second-order valence-corrected chi connectivity index (χ2v) is 9.17. The lowest BCUT2D eigenvalue weighted by Gasteiger charge is -2.18. The normalized spacial score (nSPS) is 13.2. The maximum absolute atomic E-state index is 13.2. The van der Waals surface area contributed by atoms with Crippen molar-refractivity contribution in [3.8, 4) is 5.75 Å². The summed E-state index contributed by atoms with van der Waals surface area (Å²) in [6.45, 7) is 0.134. The van der Waals surface area contributed by atoms with E-state index in [2.05, 4.69) is 14.1 Å². The summed E-state index contributed by atoms with van der Waals surface area (Å²) in [5.74, 6) is -0.606. The van der Waals surface area contributed by atoms with Crippen molar-refractivity contribution < 1.29 is 22.3 Å². The summed E-state index contributed by atoms with van der Waals surface area (Å²) in [6.07, 6.45) is 1.77. The molecule has 1 aromatic heterocycles. The third kappa shape index (κ3) is 4.23. The van der Waals surface area contributed by atoms with E-state index in [1.165, 1.54) is 35.5 Å². The topological polar surface area (TPSA) is 101 Å². The first kappa shape index (κ1) is 20.5. The average Bonchev–Trinajstić information content (AvgIpc) is 3.37. The number of nitrogens with one attached hydrogen (secondary N) is 1. The lowest BCUT2D eigenvalue weighted by molar-refractivity contribution is -0.120. The van der Waals surface area contributed by atoms with Gasteiger partial charge in [0.05, 0.1) is 9.92 Å². The highest BCUT2D eigenvalue weighted by Crippen LogP contribution is 2.31. The number of sulfonamides is 1. The van der Waals surface area contributed by atoms with Gasteiger partial charge in [0.25, 0.3) is 15.9 Å². The average molecular weight is 469 g/mol. The van der Waals surface area contributed by atoms with Crippen LogP contribution in [-0.4, -0.2) is 36.8 Å². The molecule has 1 aliphatic rings. The Bertz CT molecular complexity index is 1200. The molecular weight excluding hydrogens is 455 g/mol. The predicted octanol–water partition coefficient (Wildman–Crippen LogP) is 3.10. The number of hydrogen-bond donors (Lipinski definition) is 1. The third-order valence-electron chi connectivity index (χ3n) is 4.39. The van der Waals surface area contributed by atoms with Crippen molar-refractivity contribution in [3.63, 3.8) is 0 Å². The number of rotatable bonds is 6. The summed E-state index contributed by atoms with van der Waals surface area (Å²) in [6, 6.07) is 8.38. The molecule has 12 heteroatoms. The van der Waals surface area contributed by atoms with Crippen molar-refractivity contribution in [2.75, 3.05) is 22.8 Å². The van der Waals surface area contributed by atoms with E-state index in [0.29, 0.717) is 18.7 Å². The summed E-state index contributed by atoms with van der Waals surface area (Å²) in [4.78, 5) is 18.0. The summed E-state index contributed by atoms with van der Waals surface area (Å²) >= 11 is 6.64. The van der Waals surface area contributed by atoms with Crippen molar-refractivity contribution in [1.82, 2.24) is 9.36 Å². The molecule has 0 saturated carbocycles. The number of benzene rings is 2. The van der Waals surface area contributed by atoms with Gasteiger partial charge in [-0.05, 0) is 42.3 Å². The number of carbonyl (C=O) groups excluding carboxylic acids is 1. The monoisotopic (exact) mass is 468 g/mol. The minimum atomic E-state index is -3.81. The van der Waals surface area contributed by atoms with Crippen LogP contribution in [0.4, 0.5) is 15.2 Å². The first-order chi connectivity index (χ1) is 14.3. The molecule has 0 bridgehead atoms. The standard InChI is InChI=1S/C18H14ClFN4O4S2/c19-14-8-12(1-3-15(14)20)28-9-17(25)24-6-5-11-7-13(2-4-16(11)24)30(26,27)23-18-21-10-22-29-18/h1-4,7-8,10H,5-6,9H2,(H,21,22,23). The van der Waals surface area contributed by atoms with Crippen molar-refractivity contribution in [3.05, 3.63) is 59.1 Å². The minimum Gasteiger partial charge on any atom is -0.484 e. The second kappa shape index (κ2) is 8.17. The molecule has 2 heterocycles. The molecule has 8 nitrogen and oxygen atoms in total. The van der Waals surface area contributed by atoms with E-state index in [1.54, 1.807) is 6.07 Å². The van der Waals surface area contributed by atoms with Gasteiger partial charge < -0.3 is 9.64 Å². The number of amides is 1. The summed E-state index contributed by atoms with van der Waals surface area (Å²) < 4.78 is 49.8. The molecule has 0 aliphatic carbocycles. The van der Waals surface area contributed by atoms with Crippen molar-refractivity contribution in [2.24, 2.45) is 0 Å². The molecular formula is C18H14ClFN4O4S2. The zero-order chi connectivity index (χ0) is 21.3. The maximum Gasteiger partial charge on any atom is 0.264 e. The first-order valence-corrected chi connectivity index (χ1v) is 11.3. The summed E-state index contributed by atoms with van der Waals surface area (Å²) in [5, 5.41) is 0.0766. The third-order valence-corrected chi connectivity index (χ3v) is 6.73. The smallest absolute Gasteiger partial charge is 0.264 e. The molecule has 3 aromatic rings. The fourth-order valence-corrected chi connectivity index (χ4v) is 4.87. The van der Waals surface area contributed by atoms with Crippen LogP contribution >= 0.6 is 23.1 Å². The number of fused-ring (bicyclic) bond motifs is 1. The molecule has 1 aliphatic heterocycles. The largest absolute Gasteiger partial charge is 0.484 e. The van der Waals surface area contributed by atoms with Gasteiger partial charge >= 0.3 is 0 Å². The number of ether oxygens (including phenoxy) is 1. The van der Waals surface area contributed by atoms with Gasteiger partial charge in [-0.25, -0.2) is 17.8 Å². The molecule has 0 atom stereocenters. The zero-order valence-corrected chi connectivity index (χ0v) is 17.6. The molecule has 0 radical (unpaired) electrons. The van der Waals surface area contributed by atoms with Crippen LogP contribution < -0.4 is 14.4 Å². The second-order valence-electron chi connectivity index (χ2n) is 6.30. The number of carbonyl (C=O) groups is 1. The molecule has 4 rings (SSSR count). The molecule has 1 N–H and O–H groups in total. The van der Waals surface area contributed by atoms with Crippen LogP contribution in [0.5, 0.6) is 5.75 Å². The van der Waals surface area contributed by atoms with Crippen LogP contribution in [0.15, 0.2) is 47.6 Å². The molecule has 1 amide bonds. The van der Waals surface area contributed by atoms with Gasteiger partial charge in [0.2, 0.25) is 5.13 Å². The van der Waals surface area contributed by atoms with Gasteiger partial charge in [-0.15, -0.1) is 0 Å². The van der Waals surface area contributed by atoms with Crippen molar-refractivity contribution in [2.45, 2.75) is 11.3 Å². The van der Waals surface area contributed by atoms with Crippen LogP contribution in [0, 0.1) is 5.82 Å². The Hall–Kier alpha value is -2.76. The Kier molecular flexibility index (Phi) is 5.58. The van der Waals surface area contributed by atoms with Crippen LogP contribution in [0.3, 0.4) is 0 Å². The Morgan fingerprint density at radius 3 is 2.87 bits per heavy atom. The van der Waals surface area contributed by atoms with E-state index in [0.717, 1.165) is 23.2 Å². The Labute approximate surface area is 180 Å². The minimum absolute atomic E-state index is 0.0722. The first-order valence-electron chi connectivity index (χ1n) is 8.64. The number of halogens is 2. The van der Waals surface area contributed by atoms with E-state index in [4.69, 9.17) is 16.3 Å². The lowest BCUT2D eigenvalue weighted by Crippen LogP contribution is -2.33. The van der Waals surface area contributed by atoms with E-state index >= 15 is 0 Å². The van der Waals surface area contributed by atoms with Gasteiger partial charge in [-0.2, -0.15) is 4.37 Å². The van der Waals surface area contributed by atoms with Crippen LogP contribution in [0.1, 0.15) is 5.56 Å². The Balaban J connectivity index is 1.46. The van der Waals surface area contributed by atoms with Gasteiger partial charge in [0.1, 0.15) is 17.9 Å². The van der Waals surface area contributed by atoms with Crippen molar-refractivity contribution in [1.29, 1.82) is 0 Å². The van der Waals surface area contributed by atoms with Crippen LogP contribution in [0.25, 0.3) is 0 Å². The highest BCUT2D eigenvalue weighted by atomic mass is 35.5. The summed E-state index contributed by atoms with van der Waals surface area (Å²) in [5.41, 5.74) is 1.35. The molecule has 0 unspecified atom stereocenters. The van der Waals surface area contributed by atoms with Crippen molar-refractivity contribution >= 4 is 49.9 Å². The van der Waals surface area contributed by atoms with Crippen LogP contribution in [-0.2, 0) is 21.2 Å². The fraction of sp³-hybridized carbons (Fsp3) is 0.167. The number of hydrogen-bond acceptors (Lipinski definition) is 7. The molecule has 0 spiro atoms. The molecule has 30 heavy (non-hydrogen) atoms. The predicted molar refractivity (Wildman–Crippen MR) is 110 cm³/mol. The Morgan fingerprint density at radius 1 is 1.30 bits per heavy atom. The molecule has 2 aromatic carbocycles. The quantitative estimate of drug-likeness (QED) is 0.596. The van der Waals surface area contributed by atoms with E-state index in [1.807, 2.05) is 0 Å². The molecule has 156 valence electrons. The van der Waals surface area contributed by atoms with Crippen LogP contribution in [0.2, 0.25) is 5.02 Å². The Morgan fingerprint density at radius 2 is 2.13 bits per heavy atom. The maximum atomic E-state index is 13.2. The van der Waals surface area contributed by atoms with E-state index < -0.39 is 15.8 Å². The number of aromatic nitrogens is 2. The highest BCUT2D eigenvalue weighted by molar-refractivity contribution is 7.93. The van der Waals surface area contributed by atoms with Gasteiger partial charge in [0, 0.05) is 29.8 Å². The van der Waals surface area contributed by atoms with Gasteiger partial charge in [-0.1, -0.05) is 11.6 Å². The summed E-state index contributed by atoms with van der Waals surface area (Å²) in [7, 11) is -3.81. The molecule has 0 saturated heterocycles.